The molecule has 0 unspecified atom stereocenters. The molecule has 4 heteroatoms. The Hall–Kier alpha value is -1.58. The van der Waals surface area contributed by atoms with Gasteiger partial charge in [-0.05, 0) is 12.5 Å². The minimum atomic E-state index is 0.216. The van der Waals surface area contributed by atoms with Crippen LogP contribution >= 0.6 is 0 Å². The van der Waals surface area contributed by atoms with Gasteiger partial charge in [0.05, 0.1) is 12.2 Å². The van der Waals surface area contributed by atoms with Crippen LogP contribution in [0.25, 0.3) is 0 Å². The summed E-state index contributed by atoms with van der Waals surface area (Å²) in [6.07, 6.45) is 5.07. The number of rotatable bonds is 3. The molecule has 1 aromatic heterocycles. The zero-order valence-electron chi connectivity index (χ0n) is 8.16. The SMILES string of the molecule is Cn1ccc(CNC2=CC(=O)CC2)n1. The molecule has 0 bridgehead atoms. The molecule has 4 nitrogen and oxygen atoms in total. The van der Waals surface area contributed by atoms with E-state index in [-0.39, 0.29) is 5.78 Å². The number of nitrogens with zero attached hydrogens (tertiary/aromatic N) is 2. The number of aryl methyl sites for hydroxylation is 1. The van der Waals surface area contributed by atoms with Crippen LogP contribution in [0.3, 0.4) is 0 Å². The van der Waals surface area contributed by atoms with Gasteiger partial charge in [0.1, 0.15) is 0 Å². The van der Waals surface area contributed by atoms with Gasteiger partial charge in [-0.2, -0.15) is 5.10 Å². The van der Waals surface area contributed by atoms with Gasteiger partial charge in [-0.1, -0.05) is 0 Å². The number of hydrogen-bond acceptors (Lipinski definition) is 3. The van der Waals surface area contributed by atoms with E-state index in [0.717, 1.165) is 17.8 Å². The number of carbonyl (C=O) groups is 1. The molecule has 0 saturated heterocycles. The fraction of sp³-hybridized carbons (Fsp3) is 0.400. The topological polar surface area (TPSA) is 46.9 Å². The zero-order valence-corrected chi connectivity index (χ0v) is 8.16. The van der Waals surface area contributed by atoms with Crippen molar-refractivity contribution in [3.63, 3.8) is 0 Å². The van der Waals surface area contributed by atoms with Crippen LogP contribution in [0.1, 0.15) is 18.5 Å². The lowest BCUT2D eigenvalue weighted by atomic mass is 10.3. The van der Waals surface area contributed by atoms with Gasteiger partial charge in [-0.25, -0.2) is 0 Å². The maximum atomic E-state index is 10.9. The van der Waals surface area contributed by atoms with Gasteiger partial charge in [-0.15, -0.1) is 0 Å². The van der Waals surface area contributed by atoms with Crippen LogP contribution < -0.4 is 5.32 Å². The molecule has 0 aliphatic heterocycles. The van der Waals surface area contributed by atoms with E-state index >= 15 is 0 Å². The number of carbonyl (C=O) groups excluding carboxylic acids is 1. The Morgan fingerprint density at radius 2 is 2.43 bits per heavy atom. The molecule has 1 aliphatic carbocycles. The molecule has 1 aliphatic rings. The first-order valence-corrected chi connectivity index (χ1v) is 4.70. The summed E-state index contributed by atoms with van der Waals surface area (Å²) < 4.78 is 1.77. The molecule has 1 aromatic rings. The van der Waals surface area contributed by atoms with Crippen molar-refractivity contribution in [1.82, 2.24) is 15.1 Å². The Morgan fingerprint density at radius 3 is 3.00 bits per heavy atom. The fourth-order valence-corrected chi connectivity index (χ4v) is 1.50. The molecule has 0 atom stereocenters. The Morgan fingerprint density at radius 1 is 1.57 bits per heavy atom. The highest BCUT2D eigenvalue weighted by Crippen LogP contribution is 2.12. The maximum absolute atomic E-state index is 10.9. The Balaban J connectivity index is 1.89. The fourth-order valence-electron chi connectivity index (χ4n) is 1.50. The summed E-state index contributed by atoms with van der Waals surface area (Å²) in [7, 11) is 1.89. The average Bonchev–Trinajstić information content (AvgIpc) is 2.72. The van der Waals surface area contributed by atoms with Crippen LogP contribution in [0.2, 0.25) is 0 Å². The number of allylic oxidation sites excluding steroid dienone is 2. The van der Waals surface area contributed by atoms with Gasteiger partial charge in [0.2, 0.25) is 0 Å². The largest absolute Gasteiger partial charge is 0.383 e. The number of ketones is 1. The van der Waals surface area contributed by atoms with E-state index in [9.17, 15) is 4.79 Å². The van der Waals surface area contributed by atoms with Gasteiger partial charge in [0.15, 0.2) is 5.78 Å². The summed E-state index contributed by atoms with van der Waals surface area (Å²) in [5.41, 5.74) is 2.02. The predicted octanol–water partition coefficient (Wildman–Crippen LogP) is 0.756. The minimum absolute atomic E-state index is 0.216. The third kappa shape index (κ3) is 2.02. The minimum Gasteiger partial charge on any atom is -0.383 e. The molecule has 0 amide bonds. The molecular weight excluding hydrogens is 178 g/mol. The first-order chi connectivity index (χ1) is 6.74. The second kappa shape index (κ2) is 3.65. The lowest BCUT2D eigenvalue weighted by Gasteiger charge is -2.03. The highest BCUT2D eigenvalue weighted by atomic mass is 16.1. The quantitative estimate of drug-likeness (QED) is 0.767. The highest BCUT2D eigenvalue weighted by Gasteiger charge is 2.11. The molecule has 1 N–H and O–H groups in total. The molecule has 0 saturated carbocycles. The van der Waals surface area contributed by atoms with Crippen molar-refractivity contribution in [3.8, 4) is 0 Å². The van der Waals surface area contributed by atoms with Crippen LogP contribution in [0.15, 0.2) is 24.0 Å². The second-order valence-electron chi connectivity index (χ2n) is 3.47. The number of hydrogen-bond donors (Lipinski definition) is 1. The summed E-state index contributed by atoms with van der Waals surface area (Å²) >= 11 is 0. The van der Waals surface area contributed by atoms with E-state index in [1.165, 1.54) is 0 Å². The van der Waals surface area contributed by atoms with Crippen LogP contribution in [-0.4, -0.2) is 15.6 Å². The van der Waals surface area contributed by atoms with Crippen molar-refractivity contribution >= 4 is 5.78 Å². The highest BCUT2D eigenvalue weighted by molar-refractivity contribution is 5.92. The first kappa shape index (κ1) is 8.99. The van der Waals surface area contributed by atoms with Crippen LogP contribution in [0.5, 0.6) is 0 Å². The Bertz CT molecular complexity index is 378. The molecular formula is C10H13N3O. The van der Waals surface area contributed by atoms with Crippen LogP contribution in [0, 0.1) is 0 Å². The van der Waals surface area contributed by atoms with E-state index in [1.54, 1.807) is 10.8 Å². The molecule has 0 spiro atoms. The Kier molecular flexibility index (Phi) is 2.35. The second-order valence-corrected chi connectivity index (χ2v) is 3.47. The monoisotopic (exact) mass is 191 g/mol. The number of aromatic nitrogens is 2. The lowest BCUT2D eigenvalue weighted by molar-refractivity contribution is -0.114. The molecule has 0 aromatic carbocycles. The molecule has 0 fully saturated rings. The molecule has 14 heavy (non-hydrogen) atoms. The standard InChI is InChI=1S/C10H13N3O/c1-13-5-4-9(12-13)7-11-8-2-3-10(14)6-8/h4-6,11H,2-3,7H2,1H3. The predicted molar refractivity (Wildman–Crippen MR) is 52.4 cm³/mol. The summed E-state index contributed by atoms with van der Waals surface area (Å²) in [5.74, 6) is 0.216. The van der Waals surface area contributed by atoms with E-state index in [1.807, 2.05) is 19.3 Å². The van der Waals surface area contributed by atoms with Crippen molar-refractivity contribution < 1.29 is 4.79 Å². The molecule has 2 rings (SSSR count). The Labute approximate surface area is 82.6 Å². The van der Waals surface area contributed by atoms with Gasteiger partial charge >= 0.3 is 0 Å². The van der Waals surface area contributed by atoms with Crippen molar-refractivity contribution in [2.24, 2.45) is 7.05 Å². The van der Waals surface area contributed by atoms with Crippen molar-refractivity contribution in [1.29, 1.82) is 0 Å². The van der Waals surface area contributed by atoms with Gasteiger partial charge < -0.3 is 5.32 Å². The summed E-state index contributed by atoms with van der Waals surface area (Å²) in [4.78, 5) is 10.9. The summed E-state index contributed by atoms with van der Waals surface area (Å²) in [6.45, 7) is 0.694. The summed E-state index contributed by atoms with van der Waals surface area (Å²) in [5, 5.41) is 7.44. The number of nitrogens with one attached hydrogen (secondary N) is 1. The van der Waals surface area contributed by atoms with Crippen LogP contribution in [-0.2, 0) is 18.4 Å². The van der Waals surface area contributed by atoms with Crippen molar-refractivity contribution in [2.45, 2.75) is 19.4 Å². The van der Waals surface area contributed by atoms with Crippen LogP contribution in [0.4, 0.5) is 0 Å². The lowest BCUT2D eigenvalue weighted by Crippen LogP contribution is -2.11. The van der Waals surface area contributed by atoms with Gasteiger partial charge in [0.25, 0.3) is 0 Å². The van der Waals surface area contributed by atoms with E-state index in [2.05, 4.69) is 10.4 Å². The third-order valence-electron chi connectivity index (χ3n) is 2.24. The molecule has 1 heterocycles. The summed E-state index contributed by atoms with van der Waals surface area (Å²) in [6, 6.07) is 1.96. The van der Waals surface area contributed by atoms with Gasteiger partial charge in [0, 0.05) is 31.4 Å². The molecule has 74 valence electrons. The van der Waals surface area contributed by atoms with Crippen molar-refractivity contribution in [2.75, 3.05) is 0 Å². The van der Waals surface area contributed by atoms with E-state index < -0.39 is 0 Å². The van der Waals surface area contributed by atoms with Crippen molar-refractivity contribution in [3.05, 3.63) is 29.7 Å². The first-order valence-electron chi connectivity index (χ1n) is 4.70. The van der Waals surface area contributed by atoms with Gasteiger partial charge in [-0.3, -0.25) is 9.48 Å². The molecule has 0 radical (unpaired) electrons. The average molecular weight is 191 g/mol. The van der Waals surface area contributed by atoms with E-state index in [0.29, 0.717) is 13.0 Å². The van der Waals surface area contributed by atoms with E-state index in [4.69, 9.17) is 0 Å². The normalized spacial score (nSPS) is 15.8. The third-order valence-corrected chi connectivity index (χ3v) is 2.24. The zero-order chi connectivity index (χ0) is 9.97. The smallest absolute Gasteiger partial charge is 0.157 e. The maximum Gasteiger partial charge on any atom is 0.157 e.